The number of benzene rings is 1. The minimum Gasteiger partial charge on any atom is -0.465 e. The number of nitrogens with one attached hydrogen (secondary N) is 1. The molecule has 1 amide bonds. The molecule has 1 N–H and O–H groups in total. The standard InChI is InChI=1S/C16H22F3N3O2/c1-4-24-15(20-10-5-11-22(2)3)21-14(23)12-6-8-13(9-7-12)16(17,18)19/h6-9H,4-5,10-11H2,1-3H3,(H,20,21,23). The molecule has 0 fully saturated rings. The summed E-state index contributed by atoms with van der Waals surface area (Å²) < 4.78 is 42.8. The zero-order valence-corrected chi connectivity index (χ0v) is 14.0. The molecule has 0 heterocycles. The van der Waals surface area contributed by atoms with Crippen LogP contribution >= 0.6 is 0 Å². The molecule has 0 radical (unpaired) electrons. The van der Waals surface area contributed by atoms with Crippen molar-refractivity contribution in [2.45, 2.75) is 19.5 Å². The number of hydrogen-bond acceptors (Lipinski definition) is 4. The predicted molar refractivity (Wildman–Crippen MR) is 86.0 cm³/mol. The van der Waals surface area contributed by atoms with E-state index < -0.39 is 17.6 Å². The SMILES string of the molecule is CCOC(=NCCCN(C)C)NC(=O)c1ccc(C(F)(F)F)cc1. The fourth-order valence-electron chi connectivity index (χ4n) is 1.81. The van der Waals surface area contributed by atoms with Crippen molar-refractivity contribution in [2.75, 3.05) is 33.8 Å². The zero-order valence-electron chi connectivity index (χ0n) is 14.0. The molecule has 0 bridgehead atoms. The second-order valence-corrected chi connectivity index (χ2v) is 5.31. The Morgan fingerprint density at radius 3 is 2.38 bits per heavy atom. The number of amides is 1. The van der Waals surface area contributed by atoms with Gasteiger partial charge in [0.25, 0.3) is 11.9 Å². The Morgan fingerprint density at radius 2 is 1.88 bits per heavy atom. The highest BCUT2D eigenvalue weighted by atomic mass is 19.4. The van der Waals surface area contributed by atoms with Crippen LogP contribution in [0, 0.1) is 0 Å². The van der Waals surface area contributed by atoms with Gasteiger partial charge in [0, 0.05) is 12.1 Å². The highest BCUT2D eigenvalue weighted by Gasteiger charge is 2.30. The molecule has 1 aromatic carbocycles. The Bertz CT molecular complexity index is 555. The maximum Gasteiger partial charge on any atom is 0.416 e. The van der Waals surface area contributed by atoms with Gasteiger partial charge in [0.2, 0.25) is 0 Å². The first-order valence-electron chi connectivity index (χ1n) is 7.54. The molecular weight excluding hydrogens is 323 g/mol. The normalized spacial score (nSPS) is 12.4. The molecule has 0 aliphatic heterocycles. The Balaban J connectivity index is 2.69. The van der Waals surface area contributed by atoms with Gasteiger partial charge in [-0.3, -0.25) is 10.1 Å². The summed E-state index contributed by atoms with van der Waals surface area (Å²) in [6.45, 7) is 3.38. The van der Waals surface area contributed by atoms with Crippen LogP contribution in [-0.4, -0.2) is 50.6 Å². The lowest BCUT2D eigenvalue weighted by atomic mass is 10.1. The molecular formula is C16H22F3N3O2. The molecule has 0 aromatic heterocycles. The summed E-state index contributed by atoms with van der Waals surface area (Å²) in [6.07, 6.45) is -3.64. The van der Waals surface area contributed by atoms with Gasteiger partial charge in [0.1, 0.15) is 0 Å². The Hall–Kier alpha value is -2.09. The number of aliphatic imine (C=N–C) groups is 1. The van der Waals surface area contributed by atoms with Crippen molar-refractivity contribution in [2.24, 2.45) is 4.99 Å². The van der Waals surface area contributed by atoms with E-state index >= 15 is 0 Å². The summed E-state index contributed by atoms with van der Waals surface area (Å²) in [5.41, 5.74) is -0.704. The average Bonchev–Trinajstić information content (AvgIpc) is 2.50. The van der Waals surface area contributed by atoms with E-state index in [0.717, 1.165) is 37.2 Å². The number of carbonyl (C=O) groups excluding carboxylic acids is 1. The van der Waals surface area contributed by atoms with Crippen molar-refractivity contribution in [1.29, 1.82) is 0 Å². The number of hydrogen-bond donors (Lipinski definition) is 1. The van der Waals surface area contributed by atoms with Crippen molar-refractivity contribution >= 4 is 11.9 Å². The summed E-state index contributed by atoms with van der Waals surface area (Å²) in [7, 11) is 3.89. The third kappa shape index (κ3) is 6.99. The van der Waals surface area contributed by atoms with E-state index in [1.54, 1.807) is 6.92 Å². The largest absolute Gasteiger partial charge is 0.465 e. The van der Waals surface area contributed by atoms with Gasteiger partial charge in [-0.2, -0.15) is 13.2 Å². The first-order valence-corrected chi connectivity index (χ1v) is 7.54. The van der Waals surface area contributed by atoms with Crippen molar-refractivity contribution < 1.29 is 22.7 Å². The molecule has 1 rings (SSSR count). The van der Waals surface area contributed by atoms with Crippen molar-refractivity contribution in [3.8, 4) is 0 Å². The second-order valence-electron chi connectivity index (χ2n) is 5.31. The van der Waals surface area contributed by atoms with Crippen LogP contribution in [0.3, 0.4) is 0 Å². The van der Waals surface area contributed by atoms with Crippen molar-refractivity contribution in [3.63, 3.8) is 0 Å². The average molecular weight is 345 g/mol. The van der Waals surface area contributed by atoms with Gasteiger partial charge in [-0.25, -0.2) is 4.99 Å². The Morgan fingerprint density at radius 1 is 1.25 bits per heavy atom. The molecule has 0 aliphatic carbocycles. The van der Waals surface area contributed by atoms with Gasteiger partial charge < -0.3 is 9.64 Å². The highest BCUT2D eigenvalue weighted by molar-refractivity contribution is 6.04. The number of nitrogens with zero attached hydrogens (tertiary/aromatic N) is 2. The van der Waals surface area contributed by atoms with Gasteiger partial charge in [-0.15, -0.1) is 0 Å². The number of rotatable bonds is 6. The topological polar surface area (TPSA) is 53.9 Å². The third-order valence-electron chi connectivity index (χ3n) is 2.99. The molecule has 0 unspecified atom stereocenters. The van der Waals surface area contributed by atoms with Crippen LogP contribution in [0.4, 0.5) is 13.2 Å². The van der Waals surface area contributed by atoms with Gasteiger partial charge in [0.05, 0.1) is 12.2 Å². The maximum atomic E-state index is 12.5. The number of amidine groups is 1. The lowest BCUT2D eigenvalue weighted by Gasteiger charge is -2.11. The van der Waals surface area contributed by atoms with Crippen LogP contribution in [0.25, 0.3) is 0 Å². The molecule has 0 aliphatic rings. The van der Waals surface area contributed by atoms with Gasteiger partial charge in [-0.05, 0) is 58.3 Å². The fourth-order valence-corrected chi connectivity index (χ4v) is 1.81. The van der Waals surface area contributed by atoms with Crippen molar-refractivity contribution in [1.82, 2.24) is 10.2 Å². The quantitative estimate of drug-likeness (QED) is 0.490. The van der Waals surface area contributed by atoms with E-state index in [4.69, 9.17) is 4.74 Å². The van der Waals surface area contributed by atoms with Gasteiger partial charge in [0.15, 0.2) is 0 Å². The number of alkyl halides is 3. The van der Waals surface area contributed by atoms with E-state index in [-0.39, 0.29) is 11.6 Å². The maximum absolute atomic E-state index is 12.5. The molecule has 5 nitrogen and oxygen atoms in total. The molecule has 0 saturated heterocycles. The number of halogens is 3. The number of ether oxygens (including phenoxy) is 1. The molecule has 0 atom stereocenters. The van der Waals surface area contributed by atoms with E-state index in [2.05, 4.69) is 10.3 Å². The van der Waals surface area contributed by atoms with Gasteiger partial charge in [-0.1, -0.05) is 0 Å². The zero-order chi connectivity index (χ0) is 18.2. The number of carbonyl (C=O) groups is 1. The van der Waals surface area contributed by atoms with E-state index in [1.807, 2.05) is 19.0 Å². The molecule has 134 valence electrons. The van der Waals surface area contributed by atoms with Gasteiger partial charge >= 0.3 is 6.18 Å². The highest BCUT2D eigenvalue weighted by Crippen LogP contribution is 2.29. The van der Waals surface area contributed by atoms with E-state index in [1.165, 1.54) is 0 Å². The Labute approximate surface area is 139 Å². The molecule has 8 heteroatoms. The van der Waals surface area contributed by atoms with Crippen LogP contribution in [0.15, 0.2) is 29.3 Å². The molecule has 0 spiro atoms. The summed E-state index contributed by atoms with van der Waals surface area (Å²) in [6, 6.07) is 4.04. The lowest BCUT2D eigenvalue weighted by molar-refractivity contribution is -0.137. The molecule has 0 saturated carbocycles. The van der Waals surface area contributed by atoms with Crippen LogP contribution in [0.2, 0.25) is 0 Å². The van der Waals surface area contributed by atoms with E-state index in [0.29, 0.717) is 13.2 Å². The second kappa shape index (κ2) is 9.27. The minimum atomic E-state index is -4.43. The summed E-state index contributed by atoms with van der Waals surface area (Å²) in [4.78, 5) is 18.2. The van der Waals surface area contributed by atoms with Crippen LogP contribution in [0.1, 0.15) is 29.3 Å². The fraction of sp³-hybridized carbons (Fsp3) is 0.500. The molecule has 1 aromatic rings. The smallest absolute Gasteiger partial charge is 0.416 e. The minimum absolute atomic E-state index is 0.0705. The van der Waals surface area contributed by atoms with Crippen LogP contribution < -0.4 is 5.32 Å². The first kappa shape index (κ1) is 20.0. The first-order chi connectivity index (χ1) is 11.2. The molecule has 24 heavy (non-hydrogen) atoms. The lowest BCUT2D eigenvalue weighted by Crippen LogP contribution is -2.33. The third-order valence-corrected chi connectivity index (χ3v) is 2.99. The van der Waals surface area contributed by atoms with Crippen LogP contribution in [-0.2, 0) is 10.9 Å². The van der Waals surface area contributed by atoms with E-state index in [9.17, 15) is 18.0 Å². The summed E-state index contributed by atoms with van der Waals surface area (Å²) in [5, 5.41) is 2.47. The monoisotopic (exact) mass is 345 g/mol. The Kier molecular flexibility index (Phi) is 7.70. The summed E-state index contributed by atoms with van der Waals surface area (Å²) in [5.74, 6) is -0.566. The van der Waals surface area contributed by atoms with Crippen LogP contribution in [0.5, 0.6) is 0 Å². The summed E-state index contributed by atoms with van der Waals surface area (Å²) >= 11 is 0. The van der Waals surface area contributed by atoms with Crippen molar-refractivity contribution in [3.05, 3.63) is 35.4 Å². The predicted octanol–water partition coefficient (Wildman–Crippen LogP) is 2.78.